The van der Waals surface area contributed by atoms with Crippen molar-refractivity contribution in [1.82, 2.24) is 0 Å². The van der Waals surface area contributed by atoms with Crippen molar-refractivity contribution in [2.45, 2.75) is 52.0 Å². The van der Waals surface area contributed by atoms with E-state index < -0.39 is 12.0 Å². The van der Waals surface area contributed by atoms with E-state index in [1.807, 2.05) is 66.4 Å². The highest BCUT2D eigenvalue weighted by atomic mass is 16.5. The summed E-state index contributed by atoms with van der Waals surface area (Å²) in [7, 11) is 0. The van der Waals surface area contributed by atoms with Crippen LogP contribution in [0.15, 0.2) is 103 Å². The molecule has 0 aliphatic carbocycles. The van der Waals surface area contributed by atoms with Gasteiger partial charge in [-0.15, -0.1) is 0 Å². The summed E-state index contributed by atoms with van der Waals surface area (Å²) in [4.78, 5) is 40.0. The monoisotopic (exact) mass is 592 g/mol. The van der Waals surface area contributed by atoms with Gasteiger partial charge < -0.3 is 20.1 Å². The van der Waals surface area contributed by atoms with Gasteiger partial charge in [0, 0.05) is 41.9 Å². The zero-order chi connectivity index (χ0) is 31.3. The summed E-state index contributed by atoms with van der Waals surface area (Å²) in [6, 6.07) is 30.3. The van der Waals surface area contributed by atoms with Crippen LogP contribution < -0.4 is 15.0 Å². The number of ketones is 1. The van der Waals surface area contributed by atoms with Gasteiger partial charge >= 0.3 is 5.97 Å². The topological polar surface area (TPSA) is 95.9 Å². The van der Waals surface area contributed by atoms with Gasteiger partial charge in [-0.05, 0) is 67.3 Å². The summed E-state index contributed by atoms with van der Waals surface area (Å²) in [6.45, 7) is 5.10. The number of aliphatic carboxylic acids is 1. The first-order valence-corrected chi connectivity index (χ1v) is 15.1. The van der Waals surface area contributed by atoms with Crippen LogP contribution in [0.25, 0.3) is 0 Å². The van der Waals surface area contributed by atoms with E-state index >= 15 is 0 Å². The third-order valence-corrected chi connectivity index (χ3v) is 7.35. The van der Waals surface area contributed by atoms with Crippen LogP contribution in [0.5, 0.6) is 5.75 Å². The first-order chi connectivity index (χ1) is 21.4. The van der Waals surface area contributed by atoms with Crippen LogP contribution in [0.2, 0.25) is 0 Å². The molecule has 2 N–H and O–H groups in total. The lowest BCUT2D eigenvalue weighted by molar-refractivity contribution is -0.137. The first kappa shape index (κ1) is 32.0. The smallest absolute Gasteiger partial charge is 0.326 e. The van der Waals surface area contributed by atoms with E-state index in [1.54, 1.807) is 48.5 Å². The fourth-order valence-corrected chi connectivity index (χ4v) is 4.97. The van der Waals surface area contributed by atoms with E-state index in [2.05, 4.69) is 12.2 Å². The summed E-state index contributed by atoms with van der Waals surface area (Å²) in [5.41, 5.74) is 4.26. The van der Waals surface area contributed by atoms with Crippen molar-refractivity contribution in [2.24, 2.45) is 0 Å². The van der Waals surface area contributed by atoms with Gasteiger partial charge in [0.1, 0.15) is 11.8 Å². The maximum absolute atomic E-state index is 13.1. The number of amides is 1. The molecule has 0 saturated heterocycles. The lowest BCUT2D eigenvalue weighted by Crippen LogP contribution is -2.32. The molecule has 1 amide bonds. The normalized spacial score (nSPS) is 11.4. The number of carbonyl (C=O) groups is 3. The highest BCUT2D eigenvalue weighted by Gasteiger charge is 2.21. The van der Waals surface area contributed by atoms with Gasteiger partial charge in [-0.25, -0.2) is 4.79 Å². The van der Waals surface area contributed by atoms with E-state index in [9.17, 15) is 19.5 Å². The van der Waals surface area contributed by atoms with E-state index in [4.69, 9.17) is 4.74 Å². The molecular weight excluding hydrogens is 552 g/mol. The third kappa shape index (κ3) is 9.04. The Morgan fingerprint density at radius 2 is 1.59 bits per heavy atom. The number of aryl methyl sites for hydroxylation is 1. The lowest BCUT2D eigenvalue weighted by atomic mass is 10.00. The fourth-order valence-electron chi connectivity index (χ4n) is 4.97. The number of para-hydroxylation sites is 1. The summed E-state index contributed by atoms with van der Waals surface area (Å²) < 4.78 is 5.96. The number of rotatable bonds is 16. The quantitative estimate of drug-likeness (QED) is 0.105. The summed E-state index contributed by atoms with van der Waals surface area (Å²) >= 11 is 0. The number of hydrogen-bond donors (Lipinski definition) is 2. The molecule has 0 heterocycles. The molecule has 44 heavy (non-hydrogen) atoms. The number of carboxylic acid groups (broad SMARTS) is 1. The van der Waals surface area contributed by atoms with E-state index in [-0.39, 0.29) is 18.1 Å². The van der Waals surface area contributed by atoms with Crippen LogP contribution in [0.3, 0.4) is 0 Å². The number of benzene rings is 4. The highest BCUT2D eigenvalue weighted by Crippen LogP contribution is 2.23. The van der Waals surface area contributed by atoms with Crippen molar-refractivity contribution in [3.05, 3.63) is 125 Å². The number of hydrogen-bond acceptors (Lipinski definition) is 5. The molecule has 0 saturated carbocycles. The van der Waals surface area contributed by atoms with Crippen LogP contribution in [0.1, 0.15) is 59.7 Å². The first-order valence-electron chi connectivity index (χ1n) is 15.1. The maximum atomic E-state index is 13.1. The Morgan fingerprint density at radius 1 is 0.864 bits per heavy atom. The molecule has 1 atom stereocenters. The number of unbranched alkanes of at least 4 members (excludes halogenated alkanes) is 1. The van der Waals surface area contributed by atoms with Crippen molar-refractivity contribution < 1.29 is 24.2 Å². The van der Waals surface area contributed by atoms with Crippen molar-refractivity contribution >= 4 is 29.0 Å². The minimum atomic E-state index is -1.01. The average Bonchev–Trinajstić information content (AvgIpc) is 3.04. The predicted octanol–water partition coefficient (Wildman–Crippen LogP) is 7.33. The predicted molar refractivity (Wildman–Crippen MR) is 175 cm³/mol. The molecule has 0 unspecified atom stereocenters. The standard InChI is InChI=1S/C37H40N2O5/c1-3-4-18-35(40)39(30-15-10-12-27(2)25-30)23-11-24-44-31-21-19-28(20-22-31)26-34(37(42)43)38-33-17-9-8-16-32(33)36(41)29-13-6-5-7-14-29/h5-10,12-17,19-22,25,34,38H,3-4,11,18,23-24,26H2,1-2H3,(H,42,43)/t34-/m0/s1. The molecular formula is C37H40N2O5. The van der Waals surface area contributed by atoms with Crippen molar-refractivity contribution in [3.63, 3.8) is 0 Å². The van der Waals surface area contributed by atoms with E-state index in [0.717, 1.165) is 29.7 Å². The van der Waals surface area contributed by atoms with Crippen LogP contribution >= 0.6 is 0 Å². The Balaban J connectivity index is 1.34. The van der Waals surface area contributed by atoms with Crippen LogP contribution in [-0.4, -0.2) is 42.0 Å². The third-order valence-electron chi connectivity index (χ3n) is 7.35. The molecule has 0 radical (unpaired) electrons. The summed E-state index contributed by atoms with van der Waals surface area (Å²) in [6.07, 6.45) is 3.24. The number of carboxylic acids is 1. The van der Waals surface area contributed by atoms with Gasteiger partial charge in [0.25, 0.3) is 0 Å². The average molecular weight is 593 g/mol. The zero-order valence-corrected chi connectivity index (χ0v) is 25.4. The Hall–Kier alpha value is -4.91. The second-order valence-electron chi connectivity index (χ2n) is 10.8. The molecule has 0 aromatic heterocycles. The molecule has 0 aliphatic heterocycles. The van der Waals surface area contributed by atoms with Gasteiger partial charge in [-0.1, -0.05) is 80.1 Å². The van der Waals surface area contributed by atoms with E-state index in [1.165, 1.54) is 0 Å². The van der Waals surface area contributed by atoms with Crippen LogP contribution in [0, 0.1) is 6.92 Å². The number of nitrogens with zero attached hydrogens (tertiary/aromatic N) is 1. The molecule has 0 aliphatic rings. The van der Waals surface area contributed by atoms with E-state index in [0.29, 0.717) is 48.6 Å². The summed E-state index contributed by atoms with van der Waals surface area (Å²) in [5, 5.41) is 13.0. The molecule has 4 aromatic carbocycles. The number of nitrogens with one attached hydrogen (secondary N) is 1. The van der Waals surface area contributed by atoms with Gasteiger partial charge in [0.05, 0.1) is 6.61 Å². The highest BCUT2D eigenvalue weighted by molar-refractivity contribution is 6.12. The number of ether oxygens (including phenoxy) is 1. The SMILES string of the molecule is CCCCC(=O)N(CCCOc1ccc(C[C@H](Nc2ccccc2C(=O)c2ccccc2)C(=O)O)cc1)c1cccc(C)c1. The van der Waals surface area contributed by atoms with Gasteiger partial charge in [0.15, 0.2) is 5.78 Å². The molecule has 228 valence electrons. The molecule has 4 rings (SSSR count). The Bertz CT molecular complexity index is 1540. The molecule has 4 aromatic rings. The van der Waals surface area contributed by atoms with Crippen molar-refractivity contribution in [2.75, 3.05) is 23.4 Å². The minimum Gasteiger partial charge on any atom is -0.494 e. The zero-order valence-electron chi connectivity index (χ0n) is 25.4. The number of carbonyl (C=O) groups excluding carboxylic acids is 2. The molecule has 0 bridgehead atoms. The van der Waals surface area contributed by atoms with Crippen molar-refractivity contribution in [3.8, 4) is 5.75 Å². The maximum Gasteiger partial charge on any atom is 0.326 e. The molecule has 0 spiro atoms. The molecule has 0 fully saturated rings. The van der Waals surface area contributed by atoms with Crippen LogP contribution in [0.4, 0.5) is 11.4 Å². The fraction of sp³-hybridized carbons (Fsp3) is 0.270. The second-order valence-corrected chi connectivity index (χ2v) is 10.8. The van der Waals surface area contributed by atoms with Gasteiger partial charge in [-0.3, -0.25) is 9.59 Å². The van der Waals surface area contributed by atoms with Gasteiger partial charge in [0.2, 0.25) is 5.91 Å². The van der Waals surface area contributed by atoms with Gasteiger partial charge in [-0.2, -0.15) is 0 Å². The largest absolute Gasteiger partial charge is 0.494 e. The Labute approximate surface area is 259 Å². The molecule has 7 nitrogen and oxygen atoms in total. The minimum absolute atomic E-state index is 0.121. The van der Waals surface area contributed by atoms with Crippen LogP contribution in [-0.2, 0) is 16.0 Å². The Kier molecular flexibility index (Phi) is 11.7. The second kappa shape index (κ2) is 16.1. The lowest BCUT2D eigenvalue weighted by Gasteiger charge is -2.23. The Morgan fingerprint density at radius 3 is 2.30 bits per heavy atom. The molecule has 7 heteroatoms. The number of anilines is 2. The summed E-state index contributed by atoms with van der Waals surface area (Å²) in [5.74, 6) is -0.395. The van der Waals surface area contributed by atoms with Crippen molar-refractivity contribution in [1.29, 1.82) is 0 Å².